The molecule has 264 valence electrons. The van der Waals surface area contributed by atoms with Crippen LogP contribution in [0.1, 0.15) is 42.6 Å². The number of ether oxygens (including phenoxy) is 3. The minimum absolute atomic E-state index is 0.187. The zero-order valence-corrected chi connectivity index (χ0v) is 32.6. The predicted octanol–water partition coefficient (Wildman–Crippen LogP) is 9.76. The van der Waals surface area contributed by atoms with Gasteiger partial charge in [-0.05, 0) is 89.9 Å². The number of thioether (sulfide) groups is 2. The average Bonchev–Trinajstić information content (AvgIpc) is 3.55. The highest BCUT2D eigenvalue weighted by atomic mass is 127. The van der Waals surface area contributed by atoms with Gasteiger partial charge in [0.25, 0.3) is 0 Å². The van der Waals surface area contributed by atoms with Crippen LogP contribution >= 0.6 is 46.1 Å². The highest BCUT2D eigenvalue weighted by Crippen LogP contribution is 2.52. The first kappa shape index (κ1) is 37.1. The van der Waals surface area contributed by atoms with Crippen LogP contribution in [0.3, 0.4) is 0 Å². The first-order chi connectivity index (χ1) is 24.9. The van der Waals surface area contributed by atoms with Crippen molar-refractivity contribution >= 4 is 69.0 Å². The number of halogens is 1. The van der Waals surface area contributed by atoms with E-state index >= 15 is 0 Å². The van der Waals surface area contributed by atoms with Crippen molar-refractivity contribution in [1.29, 1.82) is 0 Å². The number of aromatic amines is 1. The monoisotopic (exact) mass is 832 g/mol. The maximum atomic E-state index is 14.2. The molecule has 2 heterocycles. The van der Waals surface area contributed by atoms with Crippen LogP contribution in [0.5, 0.6) is 5.75 Å². The van der Waals surface area contributed by atoms with Gasteiger partial charge in [-0.15, -0.1) is 0 Å². The van der Waals surface area contributed by atoms with Gasteiger partial charge in [0.05, 0.1) is 20.3 Å². The van der Waals surface area contributed by atoms with Gasteiger partial charge in [0.2, 0.25) is 0 Å². The van der Waals surface area contributed by atoms with E-state index in [0.717, 1.165) is 46.8 Å². The van der Waals surface area contributed by atoms with Crippen molar-refractivity contribution in [2.24, 2.45) is 0 Å². The molecule has 4 aromatic carbocycles. The van der Waals surface area contributed by atoms with Crippen LogP contribution in [0.25, 0.3) is 10.9 Å². The van der Waals surface area contributed by atoms with E-state index in [2.05, 4.69) is 38.6 Å². The van der Waals surface area contributed by atoms with Gasteiger partial charge >= 0.3 is 11.9 Å². The van der Waals surface area contributed by atoms with Gasteiger partial charge in [-0.25, -0.2) is 4.79 Å². The summed E-state index contributed by atoms with van der Waals surface area (Å²) in [6.45, 7) is 2.74. The van der Waals surface area contributed by atoms with Crippen LogP contribution in [0.2, 0.25) is 0 Å². The standard InChI is InChI=1S/C41H41IN2O5S2/c1-4-29(42)26-44-34(23-24-41(40(46)48-3,50-30-17-10-6-11-18-30)51-31-19-12-7-13-20-31)38-32(37-33(43-38)21-14-22-36(37)47-2)25-35(44)39(45)49-27-28-15-8-5-9-16-28/h4-22,34-35,43H,23-27H2,1-3H3/b29-4-/t34-,35+/m0/s1. The van der Waals surface area contributed by atoms with E-state index in [9.17, 15) is 9.59 Å². The molecule has 1 aliphatic heterocycles. The summed E-state index contributed by atoms with van der Waals surface area (Å²) >= 11 is 5.38. The van der Waals surface area contributed by atoms with E-state index in [1.807, 2.05) is 116 Å². The molecule has 0 aliphatic carbocycles. The Morgan fingerprint density at radius 2 is 1.53 bits per heavy atom. The molecule has 0 amide bonds. The van der Waals surface area contributed by atoms with E-state index in [1.165, 1.54) is 30.6 Å². The van der Waals surface area contributed by atoms with E-state index < -0.39 is 10.1 Å². The molecule has 2 atom stereocenters. The minimum atomic E-state index is -1.03. The van der Waals surface area contributed by atoms with E-state index in [1.54, 1.807) is 7.11 Å². The van der Waals surface area contributed by atoms with Gasteiger partial charge in [0.15, 0.2) is 4.08 Å². The third-order valence-electron chi connectivity index (χ3n) is 9.11. The highest BCUT2D eigenvalue weighted by molar-refractivity contribution is 14.1. The fourth-order valence-corrected chi connectivity index (χ4v) is 9.91. The van der Waals surface area contributed by atoms with Gasteiger partial charge in [-0.1, -0.05) is 102 Å². The number of allylic oxidation sites excluding steroid dienone is 1. The van der Waals surface area contributed by atoms with Crippen molar-refractivity contribution in [2.75, 3.05) is 20.8 Å². The summed E-state index contributed by atoms with van der Waals surface area (Å²) in [6, 6.07) is 34.9. The largest absolute Gasteiger partial charge is 0.496 e. The Morgan fingerprint density at radius 3 is 2.12 bits per heavy atom. The second-order valence-corrected chi connectivity index (χ2v) is 16.6. The van der Waals surface area contributed by atoms with Crippen molar-refractivity contribution in [1.82, 2.24) is 9.88 Å². The van der Waals surface area contributed by atoms with Gasteiger partial charge in [0.1, 0.15) is 18.4 Å². The first-order valence-corrected chi connectivity index (χ1v) is 19.6. The number of hydrogen-bond acceptors (Lipinski definition) is 8. The molecular weight excluding hydrogens is 791 g/mol. The van der Waals surface area contributed by atoms with E-state index in [-0.39, 0.29) is 24.6 Å². The van der Waals surface area contributed by atoms with Crippen LogP contribution in [0.4, 0.5) is 0 Å². The summed E-state index contributed by atoms with van der Waals surface area (Å²) in [4.78, 5) is 36.3. The first-order valence-electron chi connectivity index (χ1n) is 16.9. The molecule has 0 fully saturated rings. The fourth-order valence-electron chi connectivity index (χ4n) is 6.65. The van der Waals surface area contributed by atoms with Gasteiger partial charge in [-0.3, -0.25) is 9.69 Å². The third kappa shape index (κ3) is 8.51. The lowest BCUT2D eigenvalue weighted by molar-refractivity contribution is -0.153. The number of nitrogens with zero attached hydrogens (tertiary/aromatic N) is 1. The van der Waals surface area contributed by atoms with Crippen LogP contribution in [-0.4, -0.2) is 52.7 Å². The molecule has 1 aromatic heterocycles. The number of H-pyrrole nitrogens is 1. The van der Waals surface area contributed by atoms with Crippen LogP contribution in [-0.2, 0) is 32.1 Å². The Kier molecular flexibility index (Phi) is 12.5. The molecule has 51 heavy (non-hydrogen) atoms. The summed E-state index contributed by atoms with van der Waals surface area (Å²) in [6.07, 6.45) is 3.52. The lowest BCUT2D eigenvalue weighted by Crippen LogP contribution is -2.49. The Hall–Kier alpha value is -3.71. The van der Waals surface area contributed by atoms with Crippen LogP contribution in [0, 0.1) is 0 Å². The molecule has 7 nitrogen and oxygen atoms in total. The van der Waals surface area contributed by atoms with Gasteiger partial charge < -0.3 is 19.2 Å². The predicted molar refractivity (Wildman–Crippen MR) is 214 cm³/mol. The van der Waals surface area contributed by atoms with Crippen molar-refractivity contribution in [3.63, 3.8) is 0 Å². The minimum Gasteiger partial charge on any atom is -0.496 e. The number of rotatable bonds is 14. The Labute approximate surface area is 321 Å². The molecule has 1 aliphatic rings. The molecule has 0 saturated carbocycles. The topological polar surface area (TPSA) is 80.9 Å². The summed E-state index contributed by atoms with van der Waals surface area (Å²) in [5.41, 5.74) is 3.94. The quantitative estimate of drug-likeness (QED) is 0.0513. The van der Waals surface area contributed by atoms with Crippen molar-refractivity contribution in [2.45, 2.75) is 58.7 Å². The van der Waals surface area contributed by atoms with E-state index in [4.69, 9.17) is 14.2 Å². The molecule has 0 spiro atoms. The van der Waals surface area contributed by atoms with Crippen molar-refractivity contribution < 1.29 is 23.8 Å². The number of benzene rings is 4. The Balaban J connectivity index is 1.45. The number of fused-ring (bicyclic) bond motifs is 3. The lowest BCUT2D eigenvalue weighted by atomic mass is 9.88. The Bertz CT molecular complexity index is 1930. The number of aromatic nitrogens is 1. The molecule has 10 heteroatoms. The molecule has 0 radical (unpaired) electrons. The summed E-state index contributed by atoms with van der Waals surface area (Å²) in [5, 5.41) is 0.970. The smallest absolute Gasteiger partial charge is 0.332 e. The van der Waals surface area contributed by atoms with Crippen molar-refractivity contribution in [3.05, 3.63) is 136 Å². The van der Waals surface area contributed by atoms with Crippen LogP contribution in [0.15, 0.2) is 129 Å². The highest BCUT2D eigenvalue weighted by Gasteiger charge is 2.46. The normalized spacial score (nSPS) is 16.4. The number of methoxy groups -OCH3 is 2. The van der Waals surface area contributed by atoms with Gasteiger partial charge in [-0.2, -0.15) is 0 Å². The number of carbonyl (C=O) groups excluding carboxylic acids is 2. The molecule has 6 rings (SSSR count). The SMILES string of the molecule is C/C=C(\I)CN1[C@@H](C(=O)OCc2ccccc2)Cc2c([nH]c3cccc(OC)c23)[C@@H]1CCC(Sc1ccccc1)(Sc1ccccc1)C(=O)OC. The molecule has 0 bridgehead atoms. The number of carbonyl (C=O) groups is 2. The van der Waals surface area contributed by atoms with Crippen LogP contribution < -0.4 is 4.74 Å². The zero-order valence-electron chi connectivity index (χ0n) is 28.8. The molecule has 0 saturated heterocycles. The molecule has 0 unspecified atom stereocenters. The molecule has 5 aromatic rings. The molecule has 1 N–H and O–H groups in total. The van der Waals surface area contributed by atoms with E-state index in [0.29, 0.717) is 25.8 Å². The maximum absolute atomic E-state index is 14.2. The number of hydrogen-bond donors (Lipinski definition) is 1. The summed E-state index contributed by atoms with van der Waals surface area (Å²) in [5.74, 6) is 0.156. The second-order valence-electron chi connectivity index (χ2n) is 12.3. The number of nitrogens with one attached hydrogen (secondary N) is 1. The summed E-state index contributed by atoms with van der Waals surface area (Å²) in [7, 11) is 3.13. The zero-order chi connectivity index (χ0) is 35.8. The van der Waals surface area contributed by atoms with Gasteiger partial charge in [0, 0.05) is 42.9 Å². The fraction of sp³-hybridized carbons (Fsp3) is 0.268. The Morgan fingerprint density at radius 1 is 0.902 bits per heavy atom. The maximum Gasteiger partial charge on any atom is 0.332 e. The molecular formula is C41H41IN2O5S2. The average molecular weight is 833 g/mol. The number of esters is 2. The third-order valence-corrected chi connectivity index (χ3v) is 13.0. The second kappa shape index (κ2) is 17.2. The summed E-state index contributed by atoms with van der Waals surface area (Å²) < 4.78 is 17.6. The lowest BCUT2D eigenvalue weighted by Gasteiger charge is -2.42. The van der Waals surface area contributed by atoms with Crippen molar-refractivity contribution in [3.8, 4) is 5.75 Å².